The highest BCUT2D eigenvalue weighted by Gasteiger charge is 2.34. The third kappa shape index (κ3) is 5.70. The minimum atomic E-state index is -4.65. The minimum Gasteiger partial charge on any atom is -0.481 e. The number of hydrogen-bond donors (Lipinski definition) is 2. The molecule has 206 valence electrons. The Morgan fingerprint density at radius 1 is 1.05 bits per heavy atom. The van der Waals surface area contributed by atoms with Crippen molar-refractivity contribution < 1.29 is 32.6 Å². The summed E-state index contributed by atoms with van der Waals surface area (Å²) in [4.78, 5) is 24.7. The van der Waals surface area contributed by atoms with E-state index in [1.165, 1.54) is 39.5 Å². The number of carboxylic acids is 1. The SMILES string of the molecule is CC(OC(=O)Nc1c(-c2cc3sc(-c4ccc(CC(=O)O)cc4C(F)(F)F)cc3s2)nnn1C)c1ccccc1. The van der Waals surface area contributed by atoms with Gasteiger partial charge in [0.25, 0.3) is 0 Å². The molecule has 2 N–H and O–H groups in total. The van der Waals surface area contributed by atoms with Crippen LogP contribution in [0.15, 0.2) is 60.7 Å². The van der Waals surface area contributed by atoms with E-state index in [0.717, 1.165) is 21.0 Å². The number of fused-ring (bicyclic) bond motifs is 1. The number of anilines is 1. The molecule has 1 amide bonds. The summed E-state index contributed by atoms with van der Waals surface area (Å²) in [6.07, 6.45) is -6.33. The number of nitrogens with zero attached hydrogens (tertiary/aromatic N) is 3. The average molecular weight is 587 g/mol. The molecule has 8 nitrogen and oxygen atoms in total. The summed E-state index contributed by atoms with van der Waals surface area (Å²) in [6, 6.07) is 16.3. The summed E-state index contributed by atoms with van der Waals surface area (Å²) < 4.78 is 49.9. The number of aromatic nitrogens is 3. The van der Waals surface area contributed by atoms with E-state index in [9.17, 15) is 22.8 Å². The van der Waals surface area contributed by atoms with Gasteiger partial charge in [-0.2, -0.15) is 13.2 Å². The number of nitrogens with one attached hydrogen (secondary N) is 1. The maximum Gasteiger partial charge on any atom is 0.417 e. The lowest BCUT2D eigenvalue weighted by Crippen LogP contribution is -2.18. The van der Waals surface area contributed by atoms with Crippen molar-refractivity contribution in [2.75, 3.05) is 5.32 Å². The number of benzene rings is 2. The van der Waals surface area contributed by atoms with E-state index in [0.29, 0.717) is 21.3 Å². The number of aryl methyl sites for hydroxylation is 1. The Balaban J connectivity index is 1.40. The molecule has 13 heteroatoms. The molecule has 5 aromatic rings. The van der Waals surface area contributed by atoms with E-state index in [-0.39, 0.29) is 11.1 Å². The highest BCUT2D eigenvalue weighted by atomic mass is 32.1. The lowest BCUT2D eigenvalue weighted by molar-refractivity contribution is -0.138. The quantitative estimate of drug-likeness (QED) is 0.206. The fourth-order valence-corrected chi connectivity index (χ4v) is 6.57. The van der Waals surface area contributed by atoms with E-state index in [1.54, 1.807) is 26.1 Å². The summed E-state index contributed by atoms with van der Waals surface area (Å²) in [7, 11) is 1.62. The van der Waals surface area contributed by atoms with Crippen molar-refractivity contribution >= 4 is 50.0 Å². The normalized spacial score (nSPS) is 12.4. The fraction of sp³-hybridized carbons (Fsp3) is 0.185. The van der Waals surface area contributed by atoms with Crippen LogP contribution in [0.3, 0.4) is 0 Å². The van der Waals surface area contributed by atoms with Crippen molar-refractivity contribution in [1.29, 1.82) is 0 Å². The molecule has 0 spiro atoms. The molecule has 0 saturated carbocycles. The largest absolute Gasteiger partial charge is 0.481 e. The molecule has 0 radical (unpaired) electrons. The smallest absolute Gasteiger partial charge is 0.417 e. The number of alkyl halides is 3. The minimum absolute atomic E-state index is 0.0197. The Morgan fingerprint density at radius 3 is 2.40 bits per heavy atom. The van der Waals surface area contributed by atoms with Gasteiger partial charge in [0, 0.05) is 26.9 Å². The zero-order chi connectivity index (χ0) is 28.6. The predicted octanol–water partition coefficient (Wildman–Crippen LogP) is 7.38. The Hall–Kier alpha value is -4.23. The number of thiophene rings is 2. The van der Waals surface area contributed by atoms with Gasteiger partial charge in [-0.1, -0.05) is 47.7 Å². The van der Waals surface area contributed by atoms with Crippen LogP contribution in [0.1, 0.15) is 29.7 Å². The first-order valence-corrected chi connectivity index (χ1v) is 13.5. The van der Waals surface area contributed by atoms with Crippen LogP contribution in [-0.4, -0.2) is 32.2 Å². The molecule has 2 aromatic carbocycles. The summed E-state index contributed by atoms with van der Waals surface area (Å²) in [5.41, 5.74) is 0.401. The first-order valence-electron chi connectivity index (χ1n) is 11.9. The van der Waals surface area contributed by atoms with Crippen LogP contribution in [0.5, 0.6) is 0 Å². The number of ether oxygens (including phenoxy) is 1. The number of carbonyl (C=O) groups excluding carboxylic acids is 1. The summed E-state index contributed by atoms with van der Waals surface area (Å²) in [6.45, 7) is 1.76. The summed E-state index contributed by atoms with van der Waals surface area (Å²) >= 11 is 2.48. The third-order valence-electron chi connectivity index (χ3n) is 6.05. The van der Waals surface area contributed by atoms with Crippen LogP contribution in [-0.2, 0) is 29.2 Å². The molecule has 0 fully saturated rings. The number of rotatable bonds is 7. The maximum atomic E-state index is 13.8. The zero-order valence-corrected chi connectivity index (χ0v) is 22.7. The third-order valence-corrected chi connectivity index (χ3v) is 8.38. The van der Waals surface area contributed by atoms with Crippen molar-refractivity contribution in [3.8, 4) is 21.0 Å². The lowest BCUT2D eigenvalue weighted by atomic mass is 10.0. The Kier molecular flexibility index (Phi) is 7.34. The number of carbonyl (C=O) groups is 2. The Morgan fingerprint density at radius 2 is 1.73 bits per heavy atom. The van der Waals surface area contributed by atoms with Gasteiger partial charge >= 0.3 is 18.2 Å². The van der Waals surface area contributed by atoms with E-state index in [1.807, 2.05) is 30.3 Å². The number of amides is 1. The second-order valence-corrected chi connectivity index (χ2v) is 11.1. The second kappa shape index (κ2) is 10.7. The zero-order valence-electron chi connectivity index (χ0n) is 21.0. The topological polar surface area (TPSA) is 106 Å². The second-order valence-electron chi connectivity index (χ2n) is 8.89. The van der Waals surface area contributed by atoms with Crippen LogP contribution in [0.4, 0.5) is 23.8 Å². The molecule has 1 atom stereocenters. The number of hydrogen-bond acceptors (Lipinski definition) is 7. The van der Waals surface area contributed by atoms with Gasteiger partial charge < -0.3 is 9.84 Å². The first kappa shape index (κ1) is 27.3. The Labute approximate surface area is 233 Å². The number of halogens is 3. The molecular weight excluding hydrogens is 565 g/mol. The van der Waals surface area contributed by atoms with Gasteiger partial charge in [-0.25, -0.2) is 9.48 Å². The van der Waals surface area contributed by atoms with E-state index in [2.05, 4.69) is 15.6 Å². The predicted molar refractivity (Wildman–Crippen MR) is 146 cm³/mol. The average Bonchev–Trinajstić information content (AvgIpc) is 3.57. The van der Waals surface area contributed by atoms with Crippen molar-refractivity contribution in [2.45, 2.75) is 25.6 Å². The molecule has 0 aliphatic rings. The molecule has 0 bridgehead atoms. The summed E-state index contributed by atoms with van der Waals surface area (Å²) in [5, 5.41) is 19.8. The van der Waals surface area contributed by atoms with Gasteiger partial charge in [-0.3, -0.25) is 10.1 Å². The van der Waals surface area contributed by atoms with Crippen molar-refractivity contribution in [1.82, 2.24) is 15.0 Å². The van der Waals surface area contributed by atoms with Crippen molar-refractivity contribution in [2.24, 2.45) is 7.05 Å². The van der Waals surface area contributed by atoms with Crippen molar-refractivity contribution in [3.63, 3.8) is 0 Å². The summed E-state index contributed by atoms with van der Waals surface area (Å²) in [5.74, 6) is -0.894. The lowest BCUT2D eigenvalue weighted by Gasteiger charge is -2.14. The highest BCUT2D eigenvalue weighted by molar-refractivity contribution is 7.31. The van der Waals surface area contributed by atoms with Gasteiger partial charge in [0.05, 0.1) is 16.9 Å². The molecule has 5 rings (SSSR count). The monoisotopic (exact) mass is 586 g/mol. The number of aliphatic carboxylic acids is 1. The van der Waals surface area contributed by atoms with Gasteiger partial charge in [-0.05, 0) is 36.2 Å². The van der Waals surface area contributed by atoms with Gasteiger partial charge in [0.15, 0.2) is 5.82 Å². The van der Waals surface area contributed by atoms with Crippen LogP contribution in [0, 0.1) is 0 Å². The van der Waals surface area contributed by atoms with Crippen LogP contribution >= 0.6 is 22.7 Å². The fourth-order valence-electron chi connectivity index (χ4n) is 4.15. The van der Waals surface area contributed by atoms with E-state index >= 15 is 0 Å². The molecule has 0 aliphatic heterocycles. The van der Waals surface area contributed by atoms with Crippen LogP contribution in [0.25, 0.3) is 30.4 Å². The standard InChI is InChI=1S/C27H21F3N4O4S2/c1-14(16-6-4-3-5-7-16)38-26(37)31-25-24(32-33-34(25)2)22-13-21-20(40-22)12-19(39-21)17-9-8-15(11-23(35)36)10-18(17)27(28,29)30/h3-10,12-14H,11H2,1-2H3,(H,31,37)(H,35,36). The van der Waals surface area contributed by atoms with Crippen molar-refractivity contribution in [3.05, 3.63) is 77.4 Å². The first-order chi connectivity index (χ1) is 19.0. The van der Waals surface area contributed by atoms with Crippen LogP contribution in [0.2, 0.25) is 0 Å². The molecule has 1 unspecified atom stereocenters. The van der Waals surface area contributed by atoms with Crippen LogP contribution < -0.4 is 5.32 Å². The van der Waals surface area contributed by atoms with Gasteiger partial charge in [0.1, 0.15) is 11.8 Å². The highest BCUT2D eigenvalue weighted by Crippen LogP contribution is 2.46. The number of carboxylic acid groups (broad SMARTS) is 1. The maximum absolute atomic E-state index is 13.8. The van der Waals surface area contributed by atoms with Gasteiger partial charge in [-0.15, -0.1) is 27.8 Å². The molecule has 3 aromatic heterocycles. The Bertz CT molecular complexity index is 1680. The molecule has 3 heterocycles. The molecular formula is C27H21F3N4O4S2. The van der Waals surface area contributed by atoms with E-state index in [4.69, 9.17) is 9.84 Å². The van der Waals surface area contributed by atoms with Gasteiger partial charge in [0.2, 0.25) is 0 Å². The molecule has 40 heavy (non-hydrogen) atoms. The van der Waals surface area contributed by atoms with E-state index < -0.39 is 36.3 Å². The molecule has 0 saturated heterocycles. The molecule has 0 aliphatic carbocycles.